The zero-order valence-corrected chi connectivity index (χ0v) is 6.69. The number of hydrogen-bond donors (Lipinski definition) is 2. The molecule has 0 aromatic carbocycles. The van der Waals surface area contributed by atoms with Gasteiger partial charge in [0.05, 0.1) is 0 Å². The van der Waals surface area contributed by atoms with Crippen LogP contribution in [0.1, 0.15) is 13.8 Å². The van der Waals surface area contributed by atoms with Crippen molar-refractivity contribution >= 4 is 5.91 Å². The lowest BCUT2D eigenvalue weighted by Crippen LogP contribution is -2.41. The summed E-state index contributed by atoms with van der Waals surface area (Å²) >= 11 is 0. The Morgan fingerprint density at radius 2 is 2.20 bits per heavy atom. The second kappa shape index (κ2) is 2.23. The molecular weight excluding hydrogens is 128 g/mol. The van der Waals surface area contributed by atoms with E-state index in [4.69, 9.17) is 0 Å². The number of amides is 1. The topological polar surface area (TPSA) is 51.0 Å². The van der Waals surface area contributed by atoms with E-state index in [2.05, 4.69) is 24.5 Å². The van der Waals surface area contributed by atoms with Crippen LogP contribution in [0.3, 0.4) is 0 Å². The molecule has 1 aliphatic heterocycles. The van der Waals surface area contributed by atoms with Crippen molar-refractivity contribution in [2.24, 2.45) is 5.92 Å². The normalized spacial score (nSPS) is 30.4. The summed E-state index contributed by atoms with van der Waals surface area (Å²) in [6, 6.07) is 0. The Labute approximate surface area is 61.2 Å². The number of carbonyl (C=O) groups is 1. The minimum absolute atomic E-state index is 0.113. The standard InChI is InChI=1S/C7H14N2O/c1-5(2)7(4-9-7)6(10)8-3/h5,9H,4H2,1-3H3,(H,8,10). The van der Waals surface area contributed by atoms with Gasteiger partial charge in [-0.2, -0.15) is 0 Å². The van der Waals surface area contributed by atoms with Crippen molar-refractivity contribution in [1.82, 2.24) is 10.6 Å². The lowest BCUT2D eigenvalue weighted by atomic mass is 9.95. The SMILES string of the molecule is CNC(=O)C1(C(C)C)CN1. The van der Waals surface area contributed by atoms with Gasteiger partial charge < -0.3 is 5.32 Å². The summed E-state index contributed by atoms with van der Waals surface area (Å²) in [6.07, 6.45) is 0. The van der Waals surface area contributed by atoms with Crippen molar-refractivity contribution in [3.63, 3.8) is 0 Å². The molecule has 0 aliphatic carbocycles. The van der Waals surface area contributed by atoms with Gasteiger partial charge in [0.2, 0.25) is 5.91 Å². The summed E-state index contributed by atoms with van der Waals surface area (Å²) in [5.41, 5.74) is -0.241. The molecule has 3 nitrogen and oxygen atoms in total. The highest BCUT2D eigenvalue weighted by molar-refractivity contribution is 5.89. The van der Waals surface area contributed by atoms with Crippen molar-refractivity contribution in [1.29, 1.82) is 0 Å². The van der Waals surface area contributed by atoms with Crippen LogP contribution in [0.4, 0.5) is 0 Å². The third-order valence-electron chi connectivity index (χ3n) is 2.18. The van der Waals surface area contributed by atoms with Crippen LogP contribution in [0.2, 0.25) is 0 Å². The highest BCUT2D eigenvalue weighted by atomic mass is 16.2. The van der Waals surface area contributed by atoms with Gasteiger partial charge in [0.1, 0.15) is 5.54 Å². The average molecular weight is 142 g/mol. The fourth-order valence-corrected chi connectivity index (χ4v) is 1.15. The number of likely N-dealkylation sites (N-methyl/N-ethyl adjacent to an activating group) is 1. The van der Waals surface area contributed by atoms with Gasteiger partial charge in [-0.15, -0.1) is 0 Å². The Kier molecular flexibility index (Phi) is 1.68. The van der Waals surface area contributed by atoms with E-state index in [1.54, 1.807) is 7.05 Å². The molecule has 1 rings (SSSR count). The van der Waals surface area contributed by atoms with Gasteiger partial charge in [0.25, 0.3) is 0 Å². The van der Waals surface area contributed by atoms with Crippen LogP contribution in [-0.2, 0) is 4.79 Å². The second-order valence-electron chi connectivity index (χ2n) is 3.06. The molecule has 0 aromatic heterocycles. The van der Waals surface area contributed by atoms with Crippen molar-refractivity contribution in [2.75, 3.05) is 13.6 Å². The Hall–Kier alpha value is -0.570. The van der Waals surface area contributed by atoms with E-state index in [0.29, 0.717) is 5.92 Å². The maximum Gasteiger partial charge on any atom is 0.241 e. The summed E-state index contributed by atoms with van der Waals surface area (Å²) in [7, 11) is 1.67. The van der Waals surface area contributed by atoms with Crippen LogP contribution in [0, 0.1) is 5.92 Å². The minimum Gasteiger partial charge on any atom is -0.358 e. The summed E-state index contributed by atoms with van der Waals surface area (Å²) in [4.78, 5) is 11.2. The monoisotopic (exact) mass is 142 g/mol. The highest BCUT2D eigenvalue weighted by Gasteiger charge is 2.51. The van der Waals surface area contributed by atoms with E-state index in [1.165, 1.54) is 0 Å². The molecule has 2 N–H and O–H groups in total. The Morgan fingerprint density at radius 3 is 2.30 bits per heavy atom. The molecule has 10 heavy (non-hydrogen) atoms. The third kappa shape index (κ3) is 0.904. The fraction of sp³-hybridized carbons (Fsp3) is 0.857. The third-order valence-corrected chi connectivity index (χ3v) is 2.18. The zero-order valence-electron chi connectivity index (χ0n) is 6.69. The van der Waals surface area contributed by atoms with E-state index < -0.39 is 0 Å². The Morgan fingerprint density at radius 1 is 1.70 bits per heavy atom. The molecule has 0 aromatic rings. The van der Waals surface area contributed by atoms with Crippen molar-refractivity contribution in [3.8, 4) is 0 Å². The molecule has 1 atom stereocenters. The van der Waals surface area contributed by atoms with Gasteiger partial charge in [0.15, 0.2) is 0 Å². The minimum atomic E-state index is -0.241. The van der Waals surface area contributed by atoms with Crippen molar-refractivity contribution < 1.29 is 4.79 Å². The van der Waals surface area contributed by atoms with Crippen LogP contribution in [0.15, 0.2) is 0 Å². The van der Waals surface area contributed by atoms with Gasteiger partial charge in [-0.05, 0) is 5.92 Å². The van der Waals surface area contributed by atoms with Crippen molar-refractivity contribution in [2.45, 2.75) is 19.4 Å². The molecule has 0 bridgehead atoms. The summed E-state index contributed by atoms with van der Waals surface area (Å²) in [5.74, 6) is 0.495. The zero-order chi connectivity index (χ0) is 7.78. The molecule has 1 unspecified atom stereocenters. The van der Waals surface area contributed by atoms with E-state index >= 15 is 0 Å². The summed E-state index contributed by atoms with van der Waals surface area (Å²) in [5, 5.41) is 5.73. The highest BCUT2D eigenvalue weighted by Crippen LogP contribution is 2.26. The van der Waals surface area contributed by atoms with E-state index in [-0.39, 0.29) is 11.4 Å². The second-order valence-corrected chi connectivity index (χ2v) is 3.06. The number of hydrogen-bond acceptors (Lipinski definition) is 2. The predicted octanol–water partition coefficient (Wildman–Crippen LogP) is -0.270. The molecule has 1 saturated heterocycles. The van der Waals surface area contributed by atoms with Crippen LogP contribution in [0.5, 0.6) is 0 Å². The first kappa shape index (κ1) is 7.54. The first-order valence-corrected chi connectivity index (χ1v) is 3.60. The van der Waals surface area contributed by atoms with Gasteiger partial charge in [0, 0.05) is 13.6 Å². The average Bonchev–Trinajstić information content (AvgIpc) is 2.65. The molecule has 1 heterocycles. The molecule has 58 valence electrons. The molecule has 0 saturated carbocycles. The maximum absolute atomic E-state index is 11.2. The molecule has 0 spiro atoms. The fourth-order valence-electron chi connectivity index (χ4n) is 1.15. The van der Waals surface area contributed by atoms with Gasteiger partial charge in [-0.25, -0.2) is 0 Å². The number of rotatable bonds is 2. The Bertz CT molecular complexity index is 150. The Balaban J connectivity index is 2.60. The van der Waals surface area contributed by atoms with Gasteiger partial charge in [-0.3, -0.25) is 10.1 Å². The lowest BCUT2D eigenvalue weighted by molar-refractivity contribution is -0.124. The number of nitrogens with one attached hydrogen (secondary N) is 2. The van der Waals surface area contributed by atoms with E-state index in [9.17, 15) is 4.79 Å². The molecule has 1 fully saturated rings. The summed E-state index contributed by atoms with van der Waals surface area (Å²) < 4.78 is 0. The molecule has 1 amide bonds. The first-order chi connectivity index (χ1) is 4.63. The first-order valence-electron chi connectivity index (χ1n) is 3.60. The number of carbonyl (C=O) groups excluding carboxylic acids is 1. The maximum atomic E-state index is 11.2. The quantitative estimate of drug-likeness (QED) is 0.521. The van der Waals surface area contributed by atoms with Crippen LogP contribution in [0.25, 0.3) is 0 Å². The van der Waals surface area contributed by atoms with Crippen LogP contribution in [-0.4, -0.2) is 25.0 Å². The lowest BCUT2D eigenvalue weighted by Gasteiger charge is -2.14. The van der Waals surface area contributed by atoms with Crippen LogP contribution < -0.4 is 10.6 Å². The predicted molar refractivity (Wildman–Crippen MR) is 39.6 cm³/mol. The molecular formula is C7H14N2O. The smallest absolute Gasteiger partial charge is 0.241 e. The van der Waals surface area contributed by atoms with Crippen molar-refractivity contribution in [3.05, 3.63) is 0 Å². The van der Waals surface area contributed by atoms with Crippen LogP contribution >= 0.6 is 0 Å². The van der Waals surface area contributed by atoms with Gasteiger partial charge >= 0.3 is 0 Å². The van der Waals surface area contributed by atoms with E-state index in [0.717, 1.165) is 6.54 Å². The molecule has 3 heteroatoms. The van der Waals surface area contributed by atoms with Gasteiger partial charge in [-0.1, -0.05) is 13.8 Å². The molecule has 1 aliphatic rings. The largest absolute Gasteiger partial charge is 0.358 e. The molecule has 0 radical (unpaired) electrons. The van der Waals surface area contributed by atoms with E-state index in [1.807, 2.05) is 0 Å². The summed E-state index contributed by atoms with van der Waals surface area (Å²) in [6.45, 7) is 4.93.